The molecule has 0 atom stereocenters. The second-order valence-electron chi connectivity index (χ2n) is 10.1. The summed E-state index contributed by atoms with van der Waals surface area (Å²) in [4.78, 5) is 32.2. The van der Waals surface area contributed by atoms with Crippen LogP contribution >= 0.6 is 0 Å². The maximum atomic E-state index is 13.2. The number of carbonyl (C=O) groups excluding carboxylic acids is 2. The molecule has 0 aliphatic carbocycles. The molecular weight excluding hydrogens is 474 g/mol. The largest absolute Gasteiger partial charge is 0.443 e. The SMILES string of the molecule is Cc1ccc(-c2ccccc2C(=O)Nc2ccc(N(CCc3ccccn3)C(=O)OC(C)(C)C)cc2)cc1. The highest BCUT2D eigenvalue weighted by Crippen LogP contribution is 2.26. The van der Waals surface area contributed by atoms with Gasteiger partial charge in [0.05, 0.1) is 0 Å². The molecule has 6 heteroatoms. The highest BCUT2D eigenvalue weighted by molar-refractivity contribution is 6.08. The first-order valence-electron chi connectivity index (χ1n) is 12.7. The Bertz CT molecular complexity index is 1380. The normalized spacial score (nSPS) is 11.1. The molecule has 0 saturated carbocycles. The van der Waals surface area contributed by atoms with Crippen LogP contribution in [0.25, 0.3) is 11.1 Å². The van der Waals surface area contributed by atoms with Gasteiger partial charge >= 0.3 is 6.09 Å². The molecule has 0 fully saturated rings. The molecular formula is C32H33N3O3. The second-order valence-corrected chi connectivity index (χ2v) is 10.1. The Morgan fingerprint density at radius 1 is 0.868 bits per heavy atom. The summed E-state index contributed by atoms with van der Waals surface area (Å²) in [5.74, 6) is -0.201. The number of nitrogens with zero attached hydrogens (tertiary/aromatic N) is 2. The standard InChI is InChI=1S/C32H33N3O3/c1-23-12-14-24(15-13-23)28-10-5-6-11-29(28)30(36)34-26-16-18-27(19-17-26)35(31(37)38-32(2,3)4)22-20-25-9-7-8-21-33-25/h5-19,21H,20,22H2,1-4H3,(H,34,36). The van der Waals surface area contributed by atoms with Crippen molar-refractivity contribution in [3.63, 3.8) is 0 Å². The summed E-state index contributed by atoms with van der Waals surface area (Å²) in [6.45, 7) is 7.97. The van der Waals surface area contributed by atoms with Crippen LogP contribution in [0.2, 0.25) is 0 Å². The fourth-order valence-corrected chi connectivity index (χ4v) is 4.00. The van der Waals surface area contributed by atoms with E-state index in [2.05, 4.69) is 10.3 Å². The lowest BCUT2D eigenvalue weighted by atomic mass is 9.98. The van der Waals surface area contributed by atoms with Gasteiger partial charge in [-0.05, 0) is 81.3 Å². The van der Waals surface area contributed by atoms with Crippen molar-refractivity contribution in [1.29, 1.82) is 0 Å². The number of nitrogens with one attached hydrogen (secondary N) is 1. The first-order valence-corrected chi connectivity index (χ1v) is 12.7. The summed E-state index contributed by atoms with van der Waals surface area (Å²) in [6, 6.07) is 28.6. The molecule has 0 bridgehead atoms. The molecule has 0 saturated heterocycles. The number of aryl methyl sites for hydroxylation is 1. The van der Waals surface area contributed by atoms with E-state index in [4.69, 9.17) is 4.74 Å². The molecule has 0 spiro atoms. The highest BCUT2D eigenvalue weighted by atomic mass is 16.6. The van der Waals surface area contributed by atoms with E-state index in [1.165, 1.54) is 0 Å². The molecule has 1 N–H and O–H groups in total. The lowest BCUT2D eigenvalue weighted by molar-refractivity contribution is 0.0580. The third kappa shape index (κ3) is 7.07. The zero-order valence-corrected chi connectivity index (χ0v) is 22.3. The van der Waals surface area contributed by atoms with E-state index in [-0.39, 0.29) is 5.91 Å². The molecule has 38 heavy (non-hydrogen) atoms. The van der Waals surface area contributed by atoms with Gasteiger partial charge in [-0.25, -0.2) is 4.79 Å². The van der Waals surface area contributed by atoms with Gasteiger partial charge in [0.15, 0.2) is 0 Å². The molecule has 0 unspecified atom stereocenters. The molecule has 0 aliphatic rings. The van der Waals surface area contributed by atoms with Crippen LogP contribution in [0.3, 0.4) is 0 Å². The molecule has 1 heterocycles. The number of anilines is 2. The van der Waals surface area contributed by atoms with Crippen molar-refractivity contribution in [1.82, 2.24) is 4.98 Å². The van der Waals surface area contributed by atoms with Gasteiger partial charge in [0.2, 0.25) is 0 Å². The Balaban J connectivity index is 1.52. The zero-order valence-electron chi connectivity index (χ0n) is 22.3. The van der Waals surface area contributed by atoms with Gasteiger partial charge in [-0.2, -0.15) is 0 Å². The van der Waals surface area contributed by atoms with Crippen LogP contribution in [0.15, 0.2) is 97.2 Å². The number of hydrogen-bond donors (Lipinski definition) is 1. The Labute approximate surface area is 224 Å². The fraction of sp³-hybridized carbons (Fsp3) is 0.219. The lowest BCUT2D eigenvalue weighted by Gasteiger charge is -2.27. The molecule has 6 nitrogen and oxygen atoms in total. The number of ether oxygens (including phenoxy) is 1. The minimum atomic E-state index is -0.626. The minimum Gasteiger partial charge on any atom is -0.443 e. The fourth-order valence-electron chi connectivity index (χ4n) is 4.00. The molecule has 2 amide bonds. The molecule has 3 aromatic carbocycles. The summed E-state index contributed by atoms with van der Waals surface area (Å²) < 4.78 is 5.65. The monoisotopic (exact) mass is 507 g/mol. The van der Waals surface area contributed by atoms with Crippen LogP contribution in [-0.4, -0.2) is 29.1 Å². The van der Waals surface area contributed by atoms with Crippen LogP contribution < -0.4 is 10.2 Å². The van der Waals surface area contributed by atoms with E-state index < -0.39 is 11.7 Å². The smallest absolute Gasteiger partial charge is 0.414 e. The van der Waals surface area contributed by atoms with E-state index in [0.29, 0.717) is 29.9 Å². The Morgan fingerprint density at radius 2 is 1.55 bits per heavy atom. The van der Waals surface area contributed by atoms with Crippen LogP contribution in [0.1, 0.15) is 42.4 Å². The van der Waals surface area contributed by atoms with Crippen molar-refractivity contribution in [3.05, 3.63) is 114 Å². The van der Waals surface area contributed by atoms with Gasteiger partial charge < -0.3 is 10.1 Å². The summed E-state index contributed by atoms with van der Waals surface area (Å²) in [5, 5.41) is 2.99. The average Bonchev–Trinajstić information content (AvgIpc) is 2.90. The first-order chi connectivity index (χ1) is 18.2. The van der Waals surface area contributed by atoms with Crippen molar-refractivity contribution in [2.45, 2.75) is 39.7 Å². The van der Waals surface area contributed by atoms with Crippen molar-refractivity contribution in [2.24, 2.45) is 0 Å². The van der Waals surface area contributed by atoms with Gasteiger partial charge in [0.1, 0.15) is 5.60 Å². The van der Waals surface area contributed by atoms with Crippen LogP contribution in [0.5, 0.6) is 0 Å². The van der Waals surface area contributed by atoms with Crippen LogP contribution in [0.4, 0.5) is 16.2 Å². The van der Waals surface area contributed by atoms with E-state index in [9.17, 15) is 9.59 Å². The average molecular weight is 508 g/mol. The van der Waals surface area contributed by atoms with Crippen molar-refractivity contribution in [2.75, 3.05) is 16.8 Å². The molecule has 194 valence electrons. The maximum absolute atomic E-state index is 13.2. The predicted octanol–water partition coefficient (Wildman–Crippen LogP) is 7.29. The predicted molar refractivity (Wildman–Crippen MR) is 153 cm³/mol. The van der Waals surface area contributed by atoms with Crippen LogP contribution in [-0.2, 0) is 11.2 Å². The third-order valence-electron chi connectivity index (χ3n) is 5.90. The van der Waals surface area contributed by atoms with E-state index >= 15 is 0 Å². The van der Waals surface area contributed by atoms with E-state index in [1.807, 2.05) is 107 Å². The highest BCUT2D eigenvalue weighted by Gasteiger charge is 2.23. The quantitative estimate of drug-likeness (QED) is 0.285. The first kappa shape index (κ1) is 26.6. The van der Waals surface area contributed by atoms with E-state index in [0.717, 1.165) is 22.4 Å². The number of hydrogen-bond acceptors (Lipinski definition) is 4. The molecule has 0 aliphatic heterocycles. The number of benzene rings is 3. The van der Waals surface area contributed by atoms with Crippen molar-refractivity contribution in [3.8, 4) is 11.1 Å². The van der Waals surface area contributed by atoms with Crippen molar-refractivity contribution >= 4 is 23.4 Å². The van der Waals surface area contributed by atoms with Crippen LogP contribution in [0, 0.1) is 6.92 Å². The zero-order chi connectivity index (χ0) is 27.1. The Hall–Kier alpha value is -4.45. The summed E-state index contributed by atoms with van der Waals surface area (Å²) in [7, 11) is 0. The maximum Gasteiger partial charge on any atom is 0.414 e. The number of rotatable bonds is 7. The summed E-state index contributed by atoms with van der Waals surface area (Å²) in [5.41, 5.74) is 5.17. The van der Waals surface area contributed by atoms with Crippen molar-refractivity contribution < 1.29 is 14.3 Å². The van der Waals surface area contributed by atoms with Gasteiger partial charge in [-0.15, -0.1) is 0 Å². The third-order valence-corrected chi connectivity index (χ3v) is 5.90. The van der Waals surface area contributed by atoms with Gasteiger partial charge in [0, 0.05) is 41.8 Å². The summed E-state index contributed by atoms with van der Waals surface area (Å²) >= 11 is 0. The number of amides is 2. The number of aromatic nitrogens is 1. The minimum absolute atomic E-state index is 0.201. The number of pyridine rings is 1. The topological polar surface area (TPSA) is 71.5 Å². The van der Waals surface area contributed by atoms with Gasteiger partial charge in [-0.1, -0.05) is 54.1 Å². The molecule has 4 rings (SSSR count). The molecule has 0 radical (unpaired) electrons. The summed E-state index contributed by atoms with van der Waals surface area (Å²) in [6.07, 6.45) is 1.88. The van der Waals surface area contributed by atoms with E-state index in [1.54, 1.807) is 23.2 Å². The van der Waals surface area contributed by atoms with Gasteiger partial charge in [0.25, 0.3) is 5.91 Å². The number of carbonyl (C=O) groups is 2. The second kappa shape index (κ2) is 11.7. The Kier molecular flexibility index (Phi) is 8.22. The Morgan fingerprint density at radius 3 is 2.21 bits per heavy atom. The van der Waals surface area contributed by atoms with Gasteiger partial charge in [-0.3, -0.25) is 14.7 Å². The molecule has 4 aromatic rings. The molecule has 1 aromatic heterocycles. The lowest BCUT2D eigenvalue weighted by Crippen LogP contribution is -2.38.